The molecular weight excluding hydrogens is 286 g/mol. The number of rotatable bonds is 4. The van der Waals surface area contributed by atoms with Crippen molar-refractivity contribution in [2.75, 3.05) is 5.32 Å². The number of hydrogen-bond acceptors (Lipinski definition) is 5. The van der Waals surface area contributed by atoms with E-state index in [9.17, 15) is 14.4 Å². The van der Waals surface area contributed by atoms with E-state index in [4.69, 9.17) is 4.74 Å². The summed E-state index contributed by atoms with van der Waals surface area (Å²) >= 11 is 0. The van der Waals surface area contributed by atoms with E-state index in [1.165, 1.54) is 6.92 Å². The van der Waals surface area contributed by atoms with E-state index in [2.05, 4.69) is 15.8 Å². The van der Waals surface area contributed by atoms with Crippen molar-refractivity contribution in [1.82, 2.24) is 5.43 Å². The van der Waals surface area contributed by atoms with Crippen LogP contribution in [0.3, 0.4) is 0 Å². The van der Waals surface area contributed by atoms with Gasteiger partial charge in [-0.15, -0.1) is 0 Å². The minimum atomic E-state index is -0.964. The molecule has 2 amide bonds. The molecule has 0 aromatic heterocycles. The first kappa shape index (κ1) is 15.7. The van der Waals surface area contributed by atoms with E-state index in [1.807, 2.05) is 19.1 Å². The third-order valence-electron chi connectivity index (χ3n) is 3.11. The maximum absolute atomic E-state index is 12.0. The summed E-state index contributed by atoms with van der Waals surface area (Å²) in [5.41, 5.74) is 4.02. The monoisotopic (exact) mass is 303 g/mol. The first-order valence-corrected chi connectivity index (χ1v) is 6.89. The van der Waals surface area contributed by atoms with Crippen molar-refractivity contribution >= 4 is 29.2 Å². The molecule has 1 heterocycles. The maximum Gasteiger partial charge on any atom is 0.355 e. The Morgan fingerprint density at radius 2 is 1.95 bits per heavy atom. The van der Waals surface area contributed by atoms with Crippen LogP contribution in [0.2, 0.25) is 0 Å². The second-order valence-corrected chi connectivity index (χ2v) is 5.00. The molecule has 7 nitrogen and oxygen atoms in total. The molecule has 1 atom stereocenters. The fourth-order valence-corrected chi connectivity index (χ4v) is 1.78. The number of hydrazone groups is 1. The zero-order valence-corrected chi connectivity index (χ0v) is 12.4. The summed E-state index contributed by atoms with van der Waals surface area (Å²) < 4.78 is 5.05. The standard InChI is InChI=1S/C15H17N3O4/c1-9-3-5-11(6-4-9)16-14(20)10(2)22-15(21)12-7-8-13(19)18-17-12/h3-6,10H,7-8H2,1-2H3,(H,16,20)(H,18,19)/t10-/m0/s1. The first-order chi connectivity index (χ1) is 10.5. The number of nitrogens with zero attached hydrogens (tertiary/aromatic N) is 1. The number of ether oxygens (including phenoxy) is 1. The number of carbonyl (C=O) groups excluding carboxylic acids is 3. The Labute approximate surface area is 127 Å². The summed E-state index contributed by atoms with van der Waals surface area (Å²) in [5.74, 6) is -1.38. The third kappa shape index (κ3) is 4.15. The minimum absolute atomic E-state index is 0.106. The van der Waals surface area contributed by atoms with Crippen molar-refractivity contribution < 1.29 is 19.1 Å². The van der Waals surface area contributed by atoms with Crippen molar-refractivity contribution in [3.05, 3.63) is 29.8 Å². The lowest BCUT2D eigenvalue weighted by Gasteiger charge is -2.16. The fraction of sp³-hybridized carbons (Fsp3) is 0.333. The summed E-state index contributed by atoms with van der Waals surface area (Å²) in [4.78, 5) is 34.8. The lowest BCUT2D eigenvalue weighted by atomic mass is 10.2. The molecule has 0 unspecified atom stereocenters. The quantitative estimate of drug-likeness (QED) is 0.815. The van der Waals surface area contributed by atoms with Crippen molar-refractivity contribution in [2.45, 2.75) is 32.8 Å². The van der Waals surface area contributed by atoms with Gasteiger partial charge in [0.05, 0.1) is 0 Å². The van der Waals surface area contributed by atoms with Gasteiger partial charge in [0.25, 0.3) is 5.91 Å². The van der Waals surface area contributed by atoms with Gasteiger partial charge in [0.15, 0.2) is 6.10 Å². The molecule has 116 valence electrons. The number of esters is 1. The van der Waals surface area contributed by atoms with E-state index in [0.29, 0.717) is 5.69 Å². The Morgan fingerprint density at radius 1 is 1.27 bits per heavy atom. The smallest absolute Gasteiger partial charge is 0.355 e. The Balaban J connectivity index is 1.89. The number of anilines is 1. The van der Waals surface area contributed by atoms with Gasteiger partial charge in [-0.25, -0.2) is 10.2 Å². The Hall–Kier alpha value is -2.70. The average molecular weight is 303 g/mol. The lowest BCUT2D eigenvalue weighted by Crippen LogP contribution is -2.35. The third-order valence-corrected chi connectivity index (χ3v) is 3.11. The van der Waals surface area contributed by atoms with Gasteiger partial charge in [-0.2, -0.15) is 5.10 Å². The van der Waals surface area contributed by atoms with Gasteiger partial charge in [0.1, 0.15) is 5.71 Å². The van der Waals surface area contributed by atoms with Gasteiger partial charge < -0.3 is 10.1 Å². The summed E-state index contributed by atoms with van der Waals surface area (Å²) in [5, 5.41) is 6.29. The second-order valence-electron chi connectivity index (χ2n) is 5.00. The zero-order valence-electron chi connectivity index (χ0n) is 12.4. The van der Waals surface area contributed by atoms with E-state index in [0.717, 1.165) is 5.56 Å². The molecule has 0 saturated heterocycles. The van der Waals surface area contributed by atoms with Crippen LogP contribution in [-0.2, 0) is 19.1 Å². The number of nitrogens with one attached hydrogen (secondary N) is 2. The SMILES string of the molecule is Cc1ccc(NC(=O)[C@H](C)OC(=O)C2=NNC(=O)CC2)cc1. The maximum atomic E-state index is 12.0. The van der Waals surface area contributed by atoms with Crippen LogP contribution < -0.4 is 10.7 Å². The first-order valence-electron chi connectivity index (χ1n) is 6.89. The van der Waals surface area contributed by atoms with Crippen LogP contribution in [0.15, 0.2) is 29.4 Å². The van der Waals surface area contributed by atoms with Gasteiger partial charge in [0.2, 0.25) is 5.91 Å². The molecule has 1 aromatic carbocycles. The molecule has 22 heavy (non-hydrogen) atoms. The Kier molecular flexibility index (Phi) is 4.88. The predicted molar refractivity (Wildman–Crippen MR) is 80.2 cm³/mol. The highest BCUT2D eigenvalue weighted by molar-refractivity contribution is 6.37. The Morgan fingerprint density at radius 3 is 2.55 bits per heavy atom. The van der Waals surface area contributed by atoms with Crippen LogP contribution in [0.25, 0.3) is 0 Å². The fourth-order valence-electron chi connectivity index (χ4n) is 1.78. The normalized spacial score (nSPS) is 15.4. The van der Waals surface area contributed by atoms with Crippen LogP contribution in [0.5, 0.6) is 0 Å². The summed E-state index contributed by atoms with van der Waals surface area (Å²) in [6.45, 7) is 3.42. The summed E-state index contributed by atoms with van der Waals surface area (Å²) in [6, 6.07) is 7.27. The van der Waals surface area contributed by atoms with E-state index in [1.54, 1.807) is 12.1 Å². The number of hydrogen-bond donors (Lipinski definition) is 2. The highest BCUT2D eigenvalue weighted by Gasteiger charge is 2.24. The zero-order chi connectivity index (χ0) is 16.1. The summed E-state index contributed by atoms with van der Waals surface area (Å²) in [6.07, 6.45) is -0.580. The topological polar surface area (TPSA) is 96.9 Å². The van der Waals surface area contributed by atoms with Crippen LogP contribution in [0.4, 0.5) is 5.69 Å². The van der Waals surface area contributed by atoms with Gasteiger partial charge in [-0.05, 0) is 26.0 Å². The molecule has 2 N–H and O–H groups in total. The highest BCUT2D eigenvalue weighted by Crippen LogP contribution is 2.10. The van der Waals surface area contributed by atoms with Gasteiger partial charge in [-0.1, -0.05) is 17.7 Å². The van der Waals surface area contributed by atoms with E-state index in [-0.39, 0.29) is 24.5 Å². The van der Waals surface area contributed by atoms with Crippen LogP contribution in [0, 0.1) is 6.92 Å². The number of carbonyl (C=O) groups is 3. The molecule has 0 radical (unpaired) electrons. The van der Waals surface area contributed by atoms with Crippen molar-refractivity contribution in [3.63, 3.8) is 0 Å². The van der Waals surface area contributed by atoms with Gasteiger partial charge in [-0.3, -0.25) is 9.59 Å². The van der Waals surface area contributed by atoms with Gasteiger partial charge in [0, 0.05) is 18.5 Å². The predicted octanol–water partition coefficient (Wildman–Crippen LogP) is 1.13. The molecule has 7 heteroatoms. The van der Waals surface area contributed by atoms with E-state index >= 15 is 0 Å². The largest absolute Gasteiger partial charge is 0.448 e. The molecule has 1 aliphatic rings. The molecule has 0 spiro atoms. The van der Waals surface area contributed by atoms with Gasteiger partial charge >= 0.3 is 5.97 Å². The van der Waals surface area contributed by atoms with Crippen molar-refractivity contribution in [3.8, 4) is 0 Å². The lowest BCUT2D eigenvalue weighted by molar-refractivity contribution is -0.146. The van der Waals surface area contributed by atoms with Crippen LogP contribution in [0.1, 0.15) is 25.3 Å². The molecule has 0 bridgehead atoms. The number of amides is 2. The average Bonchev–Trinajstić information content (AvgIpc) is 2.50. The molecule has 1 aliphatic heterocycles. The highest BCUT2D eigenvalue weighted by atomic mass is 16.5. The Bertz CT molecular complexity index is 622. The van der Waals surface area contributed by atoms with Crippen LogP contribution >= 0.6 is 0 Å². The number of benzene rings is 1. The van der Waals surface area contributed by atoms with Crippen molar-refractivity contribution in [1.29, 1.82) is 0 Å². The molecule has 2 rings (SSSR count). The minimum Gasteiger partial charge on any atom is -0.448 e. The number of aryl methyl sites for hydroxylation is 1. The molecule has 0 saturated carbocycles. The summed E-state index contributed by atoms with van der Waals surface area (Å²) in [7, 11) is 0. The molecule has 0 aliphatic carbocycles. The molecule has 1 aromatic rings. The van der Waals surface area contributed by atoms with Crippen LogP contribution in [-0.4, -0.2) is 29.6 Å². The second kappa shape index (κ2) is 6.84. The molecule has 0 fully saturated rings. The van der Waals surface area contributed by atoms with E-state index < -0.39 is 18.0 Å². The molecular formula is C15H17N3O4. The van der Waals surface area contributed by atoms with Crippen molar-refractivity contribution in [2.24, 2.45) is 5.10 Å².